The molecule has 1 N–H and O–H groups in total. The van der Waals surface area contributed by atoms with E-state index in [4.69, 9.17) is 5.26 Å². The van der Waals surface area contributed by atoms with E-state index in [1.54, 1.807) is 12.1 Å². The first-order valence-electron chi connectivity index (χ1n) is 6.22. The highest BCUT2D eigenvalue weighted by atomic mass is 16.2. The van der Waals surface area contributed by atoms with Gasteiger partial charge in [-0.05, 0) is 37.6 Å². The topological polar surface area (TPSA) is 56.1 Å². The fraction of sp³-hybridized carbons (Fsp3) is 0.429. The van der Waals surface area contributed by atoms with Gasteiger partial charge < -0.3 is 10.2 Å². The van der Waals surface area contributed by atoms with Crippen LogP contribution in [0.15, 0.2) is 24.3 Å². The number of hydrogen-bond donors (Lipinski definition) is 1. The summed E-state index contributed by atoms with van der Waals surface area (Å²) in [6, 6.07) is 9.39. The zero-order chi connectivity index (χ0) is 13.0. The molecule has 1 aromatic rings. The highest BCUT2D eigenvalue weighted by Gasteiger charge is 2.22. The van der Waals surface area contributed by atoms with Crippen molar-refractivity contribution >= 4 is 5.91 Å². The van der Waals surface area contributed by atoms with Crippen LogP contribution in [-0.4, -0.2) is 29.9 Å². The molecule has 0 radical (unpaired) electrons. The Kier molecular flexibility index (Phi) is 3.96. The average molecular weight is 243 g/mol. The van der Waals surface area contributed by atoms with E-state index < -0.39 is 0 Å². The molecule has 4 heteroatoms. The number of nitrogens with one attached hydrogen (secondary N) is 1. The second kappa shape index (κ2) is 5.65. The molecule has 1 amide bonds. The molecule has 1 aliphatic rings. The monoisotopic (exact) mass is 243 g/mol. The van der Waals surface area contributed by atoms with Crippen molar-refractivity contribution in [3.63, 3.8) is 0 Å². The van der Waals surface area contributed by atoms with Crippen molar-refractivity contribution < 1.29 is 4.79 Å². The first-order chi connectivity index (χ1) is 8.70. The number of amides is 1. The number of nitriles is 1. The summed E-state index contributed by atoms with van der Waals surface area (Å²) >= 11 is 0. The van der Waals surface area contributed by atoms with Gasteiger partial charge in [0.2, 0.25) is 5.91 Å². The van der Waals surface area contributed by atoms with Crippen LogP contribution in [0.1, 0.15) is 24.5 Å². The predicted molar refractivity (Wildman–Crippen MR) is 68.7 cm³/mol. The van der Waals surface area contributed by atoms with Crippen LogP contribution in [0, 0.1) is 11.3 Å². The summed E-state index contributed by atoms with van der Waals surface area (Å²) in [5.74, 6) is 0.150. The van der Waals surface area contributed by atoms with Crippen molar-refractivity contribution in [3.05, 3.63) is 35.4 Å². The first-order valence-corrected chi connectivity index (χ1v) is 6.22. The van der Waals surface area contributed by atoms with E-state index in [1.165, 1.54) is 0 Å². The summed E-state index contributed by atoms with van der Waals surface area (Å²) in [5.41, 5.74) is 1.72. The summed E-state index contributed by atoms with van der Waals surface area (Å²) in [7, 11) is 0. The van der Waals surface area contributed by atoms with Gasteiger partial charge in [0.15, 0.2) is 0 Å². The molecule has 1 aliphatic heterocycles. The van der Waals surface area contributed by atoms with Gasteiger partial charge in [0.05, 0.1) is 17.7 Å². The van der Waals surface area contributed by atoms with Crippen molar-refractivity contribution in [2.75, 3.05) is 13.1 Å². The van der Waals surface area contributed by atoms with Crippen LogP contribution in [0.2, 0.25) is 0 Å². The smallest absolute Gasteiger partial charge is 0.239 e. The fourth-order valence-electron chi connectivity index (χ4n) is 2.12. The summed E-state index contributed by atoms with van der Waals surface area (Å²) in [4.78, 5) is 14.0. The van der Waals surface area contributed by atoms with Crippen LogP contribution >= 0.6 is 0 Å². The average Bonchev–Trinajstić information content (AvgIpc) is 2.55. The molecular weight excluding hydrogens is 226 g/mol. The highest BCUT2D eigenvalue weighted by molar-refractivity contribution is 5.81. The Labute approximate surface area is 107 Å². The maximum atomic E-state index is 12.1. The van der Waals surface area contributed by atoms with Gasteiger partial charge in [-0.1, -0.05) is 12.1 Å². The SMILES string of the molecule is CC1NCCCN(Cc2ccc(C#N)cc2)C1=O. The minimum Gasteiger partial charge on any atom is -0.337 e. The van der Waals surface area contributed by atoms with Crippen LogP contribution in [0.5, 0.6) is 0 Å². The van der Waals surface area contributed by atoms with Gasteiger partial charge in [0.1, 0.15) is 0 Å². The summed E-state index contributed by atoms with van der Waals surface area (Å²) in [6.07, 6.45) is 0.979. The van der Waals surface area contributed by atoms with E-state index >= 15 is 0 Å². The Morgan fingerprint density at radius 1 is 1.44 bits per heavy atom. The highest BCUT2D eigenvalue weighted by Crippen LogP contribution is 2.10. The molecule has 1 unspecified atom stereocenters. The Morgan fingerprint density at radius 2 is 2.17 bits per heavy atom. The van der Waals surface area contributed by atoms with Crippen molar-refractivity contribution in [1.29, 1.82) is 5.26 Å². The molecule has 18 heavy (non-hydrogen) atoms. The molecule has 1 saturated heterocycles. The lowest BCUT2D eigenvalue weighted by molar-refractivity contribution is -0.132. The zero-order valence-electron chi connectivity index (χ0n) is 10.5. The second-order valence-corrected chi connectivity index (χ2v) is 4.60. The first kappa shape index (κ1) is 12.6. The van der Waals surface area contributed by atoms with Gasteiger partial charge in [-0.2, -0.15) is 5.26 Å². The van der Waals surface area contributed by atoms with E-state index in [1.807, 2.05) is 24.0 Å². The summed E-state index contributed by atoms with van der Waals surface area (Å²) in [5, 5.41) is 11.9. The zero-order valence-corrected chi connectivity index (χ0v) is 10.5. The van der Waals surface area contributed by atoms with Crippen molar-refractivity contribution in [3.8, 4) is 6.07 Å². The van der Waals surface area contributed by atoms with Crippen molar-refractivity contribution in [2.45, 2.75) is 25.9 Å². The lowest BCUT2D eigenvalue weighted by atomic mass is 10.1. The normalized spacial score (nSPS) is 20.3. The molecule has 0 saturated carbocycles. The molecule has 0 aromatic heterocycles. The Morgan fingerprint density at radius 3 is 2.83 bits per heavy atom. The number of nitrogens with zero attached hydrogens (tertiary/aromatic N) is 2. The van der Waals surface area contributed by atoms with Crippen LogP contribution in [-0.2, 0) is 11.3 Å². The third kappa shape index (κ3) is 2.88. The summed E-state index contributed by atoms with van der Waals surface area (Å²) in [6.45, 7) is 4.20. The second-order valence-electron chi connectivity index (χ2n) is 4.60. The number of rotatable bonds is 2. The van der Waals surface area contributed by atoms with Crippen molar-refractivity contribution in [2.24, 2.45) is 0 Å². The van der Waals surface area contributed by atoms with Gasteiger partial charge in [0, 0.05) is 13.1 Å². The fourth-order valence-corrected chi connectivity index (χ4v) is 2.12. The molecule has 2 rings (SSSR count). The van der Waals surface area contributed by atoms with Crippen LogP contribution in [0.4, 0.5) is 0 Å². The summed E-state index contributed by atoms with van der Waals surface area (Å²) < 4.78 is 0. The molecule has 1 fully saturated rings. The number of carbonyl (C=O) groups excluding carboxylic acids is 1. The predicted octanol–water partition coefficient (Wildman–Crippen LogP) is 1.27. The van der Waals surface area contributed by atoms with Gasteiger partial charge in [0.25, 0.3) is 0 Å². The van der Waals surface area contributed by atoms with Crippen LogP contribution in [0.3, 0.4) is 0 Å². The number of hydrogen-bond acceptors (Lipinski definition) is 3. The molecule has 94 valence electrons. The molecular formula is C14H17N3O. The number of benzene rings is 1. The Bertz CT molecular complexity index is 461. The lowest BCUT2D eigenvalue weighted by Gasteiger charge is -2.22. The van der Waals surface area contributed by atoms with Crippen LogP contribution < -0.4 is 5.32 Å². The number of carbonyl (C=O) groups is 1. The molecule has 0 bridgehead atoms. The van der Waals surface area contributed by atoms with Gasteiger partial charge in [-0.3, -0.25) is 4.79 Å². The standard InChI is InChI=1S/C14H17N3O/c1-11-14(18)17(8-2-7-16-11)10-13-5-3-12(9-15)4-6-13/h3-6,11,16H,2,7-8,10H2,1H3. The maximum absolute atomic E-state index is 12.1. The molecule has 1 atom stereocenters. The maximum Gasteiger partial charge on any atom is 0.239 e. The molecule has 0 spiro atoms. The van der Waals surface area contributed by atoms with Gasteiger partial charge >= 0.3 is 0 Å². The molecule has 1 aromatic carbocycles. The lowest BCUT2D eigenvalue weighted by Crippen LogP contribution is -2.41. The van der Waals surface area contributed by atoms with E-state index in [0.29, 0.717) is 12.1 Å². The van der Waals surface area contributed by atoms with Crippen molar-refractivity contribution in [1.82, 2.24) is 10.2 Å². The van der Waals surface area contributed by atoms with E-state index in [0.717, 1.165) is 25.1 Å². The van der Waals surface area contributed by atoms with E-state index in [-0.39, 0.29) is 11.9 Å². The van der Waals surface area contributed by atoms with E-state index in [9.17, 15) is 4.79 Å². The third-order valence-electron chi connectivity index (χ3n) is 3.19. The quantitative estimate of drug-likeness (QED) is 0.851. The third-order valence-corrected chi connectivity index (χ3v) is 3.19. The molecule has 0 aliphatic carbocycles. The molecule has 1 heterocycles. The minimum absolute atomic E-state index is 0.106. The minimum atomic E-state index is -0.106. The Balaban J connectivity index is 2.07. The molecule has 4 nitrogen and oxygen atoms in total. The largest absolute Gasteiger partial charge is 0.337 e. The Hall–Kier alpha value is -1.86. The van der Waals surface area contributed by atoms with Crippen LogP contribution in [0.25, 0.3) is 0 Å². The van der Waals surface area contributed by atoms with Gasteiger partial charge in [-0.15, -0.1) is 0 Å². The van der Waals surface area contributed by atoms with E-state index in [2.05, 4.69) is 11.4 Å². The van der Waals surface area contributed by atoms with Gasteiger partial charge in [-0.25, -0.2) is 0 Å².